The number of rotatable bonds is 4. The molecular weight excluding hydrogens is 362 g/mol. The highest BCUT2D eigenvalue weighted by Crippen LogP contribution is 2.30. The van der Waals surface area contributed by atoms with Crippen LogP contribution in [0.5, 0.6) is 0 Å². The van der Waals surface area contributed by atoms with E-state index in [0.717, 1.165) is 12.1 Å². The predicted molar refractivity (Wildman–Crippen MR) is 93.3 cm³/mol. The number of amides is 1. The number of para-hydroxylation sites is 1. The molecule has 8 heteroatoms. The van der Waals surface area contributed by atoms with Crippen LogP contribution in [0.3, 0.4) is 0 Å². The molecule has 27 heavy (non-hydrogen) atoms. The standard InChI is InChI=1S/C19H13F4N3O/c20-15-3-1-2-4-16(15)26-18(27)12-5-10-17(24-11-12)25-14-8-6-13(7-9-14)19(21,22)23/h1-11H,(H,24,25)(H,26,27). The SMILES string of the molecule is O=C(Nc1ccccc1F)c1ccc(Nc2ccc(C(F)(F)F)cc2)nc1. The molecule has 0 spiro atoms. The van der Waals surface area contributed by atoms with Crippen LogP contribution in [0.25, 0.3) is 0 Å². The Kier molecular flexibility index (Phi) is 5.07. The fourth-order valence-electron chi connectivity index (χ4n) is 2.25. The van der Waals surface area contributed by atoms with Gasteiger partial charge in [0.05, 0.1) is 16.8 Å². The zero-order valence-electron chi connectivity index (χ0n) is 13.7. The number of nitrogens with zero attached hydrogens (tertiary/aromatic N) is 1. The zero-order chi connectivity index (χ0) is 19.4. The average molecular weight is 375 g/mol. The largest absolute Gasteiger partial charge is 0.416 e. The van der Waals surface area contributed by atoms with Crippen molar-refractivity contribution in [2.24, 2.45) is 0 Å². The van der Waals surface area contributed by atoms with Crippen LogP contribution in [0.4, 0.5) is 34.8 Å². The topological polar surface area (TPSA) is 54.0 Å². The fourth-order valence-corrected chi connectivity index (χ4v) is 2.25. The van der Waals surface area contributed by atoms with Crippen LogP contribution in [-0.4, -0.2) is 10.9 Å². The number of halogens is 4. The van der Waals surface area contributed by atoms with Crippen LogP contribution < -0.4 is 10.6 Å². The van der Waals surface area contributed by atoms with Gasteiger partial charge in [-0.25, -0.2) is 9.37 Å². The number of carbonyl (C=O) groups excluding carboxylic acids is 1. The van der Waals surface area contributed by atoms with Gasteiger partial charge in [-0.1, -0.05) is 12.1 Å². The van der Waals surface area contributed by atoms with Gasteiger partial charge in [-0.3, -0.25) is 4.79 Å². The van der Waals surface area contributed by atoms with Crippen molar-refractivity contribution < 1.29 is 22.4 Å². The van der Waals surface area contributed by atoms with Crippen LogP contribution in [0, 0.1) is 5.82 Å². The summed E-state index contributed by atoms with van der Waals surface area (Å²) in [5.74, 6) is -0.745. The molecule has 1 aromatic heterocycles. The van der Waals surface area contributed by atoms with Gasteiger partial charge in [0.25, 0.3) is 5.91 Å². The highest BCUT2D eigenvalue weighted by Gasteiger charge is 2.29. The number of hydrogen-bond donors (Lipinski definition) is 2. The molecule has 0 bridgehead atoms. The van der Waals surface area contributed by atoms with Crippen molar-refractivity contribution in [2.75, 3.05) is 10.6 Å². The maximum absolute atomic E-state index is 13.6. The Balaban J connectivity index is 1.66. The molecule has 0 atom stereocenters. The summed E-state index contributed by atoms with van der Waals surface area (Å²) in [7, 11) is 0. The number of hydrogen-bond acceptors (Lipinski definition) is 3. The van der Waals surface area contributed by atoms with E-state index in [-0.39, 0.29) is 11.3 Å². The first-order valence-electron chi connectivity index (χ1n) is 7.79. The second-order valence-corrected chi connectivity index (χ2v) is 5.57. The summed E-state index contributed by atoms with van der Waals surface area (Å²) in [6, 6.07) is 13.2. The minimum atomic E-state index is -4.40. The molecule has 0 saturated carbocycles. The summed E-state index contributed by atoms with van der Waals surface area (Å²) in [5.41, 5.74) is -0.0779. The molecule has 0 unspecified atom stereocenters. The first-order chi connectivity index (χ1) is 12.8. The second-order valence-electron chi connectivity index (χ2n) is 5.57. The first-order valence-corrected chi connectivity index (χ1v) is 7.79. The molecule has 3 rings (SSSR count). The third kappa shape index (κ3) is 4.60. The number of anilines is 3. The Hall–Kier alpha value is -3.42. The summed E-state index contributed by atoms with van der Waals surface area (Å²) in [4.78, 5) is 16.2. The second kappa shape index (κ2) is 7.45. The molecule has 4 nitrogen and oxygen atoms in total. The van der Waals surface area contributed by atoms with Crippen molar-refractivity contribution in [3.05, 3.63) is 83.8 Å². The van der Waals surface area contributed by atoms with E-state index >= 15 is 0 Å². The lowest BCUT2D eigenvalue weighted by Gasteiger charge is -2.10. The van der Waals surface area contributed by atoms with Crippen LogP contribution in [0.15, 0.2) is 66.9 Å². The van der Waals surface area contributed by atoms with Crippen molar-refractivity contribution in [3.8, 4) is 0 Å². The quantitative estimate of drug-likeness (QED) is 0.614. The van der Waals surface area contributed by atoms with Crippen LogP contribution in [-0.2, 0) is 6.18 Å². The lowest BCUT2D eigenvalue weighted by atomic mass is 10.2. The molecule has 0 aliphatic carbocycles. The molecule has 1 heterocycles. The minimum Gasteiger partial charge on any atom is -0.340 e. The maximum Gasteiger partial charge on any atom is 0.416 e. The molecule has 0 aliphatic rings. The van der Waals surface area contributed by atoms with Gasteiger partial charge in [0.15, 0.2) is 0 Å². The molecular formula is C19H13F4N3O. The number of aromatic nitrogens is 1. The Bertz CT molecular complexity index is 938. The molecule has 0 aliphatic heterocycles. The van der Waals surface area contributed by atoms with Crippen molar-refractivity contribution in [1.82, 2.24) is 4.98 Å². The van der Waals surface area contributed by atoms with Crippen LogP contribution in [0.1, 0.15) is 15.9 Å². The highest BCUT2D eigenvalue weighted by atomic mass is 19.4. The van der Waals surface area contributed by atoms with Gasteiger partial charge in [-0.05, 0) is 48.5 Å². The number of pyridine rings is 1. The molecule has 0 saturated heterocycles. The fraction of sp³-hybridized carbons (Fsp3) is 0.0526. The molecule has 3 aromatic rings. The van der Waals surface area contributed by atoms with E-state index in [1.165, 1.54) is 48.7 Å². The molecule has 138 valence electrons. The smallest absolute Gasteiger partial charge is 0.340 e. The van der Waals surface area contributed by atoms with Crippen molar-refractivity contribution in [3.63, 3.8) is 0 Å². The van der Waals surface area contributed by atoms with E-state index in [0.29, 0.717) is 11.5 Å². The van der Waals surface area contributed by atoms with E-state index in [9.17, 15) is 22.4 Å². The Morgan fingerprint density at radius 2 is 1.63 bits per heavy atom. The number of benzene rings is 2. The summed E-state index contributed by atoms with van der Waals surface area (Å²) >= 11 is 0. The monoisotopic (exact) mass is 375 g/mol. The molecule has 0 fully saturated rings. The predicted octanol–water partition coefficient (Wildman–Crippen LogP) is 5.24. The van der Waals surface area contributed by atoms with E-state index in [2.05, 4.69) is 15.6 Å². The zero-order valence-corrected chi connectivity index (χ0v) is 13.7. The van der Waals surface area contributed by atoms with Gasteiger partial charge >= 0.3 is 6.18 Å². The minimum absolute atomic E-state index is 0.0504. The lowest BCUT2D eigenvalue weighted by Crippen LogP contribution is -2.13. The van der Waals surface area contributed by atoms with Gasteiger partial charge in [0.1, 0.15) is 11.6 Å². The summed E-state index contributed by atoms with van der Waals surface area (Å²) in [6.45, 7) is 0. The van der Waals surface area contributed by atoms with Crippen molar-refractivity contribution in [2.45, 2.75) is 6.18 Å². The highest BCUT2D eigenvalue weighted by molar-refractivity contribution is 6.04. The maximum atomic E-state index is 13.6. The summed E-state index contributed by atoms with van der Waals surface area (Å²) < 4.78 is 51.2. The lowest BCUT2D eigenvalue weighted by molar-refractivity contribution is -0.137. The molecule has 2 aromatic carbocycles. The van der Waals surface area contributed by atoms with E-state index in [4.69, 9.17) is 0 Å². The molecule has 1 amide bonds. The van der Waals surface area contributed by atoms with E-state index in [1.807, 2.05) is 0 Å². The molecule has 0 radical (unpaired) electrons. The van der Waals surface area contributed by atoms with Gasteiger partial charge < -0.3 is 10.6 Å². The van der Waals surface area contributed by atoms with Gasteiger partial charge in [0.2, 0.25) is 0 Å². The van der Waals surface area contributed by atoms with Crippen molar-refractivity contribution in [1.29, 1.82) is 0 Å². The normalized spacial score (nSPS) is 11.1. The first kappa shape index (κ1) is 18.4. The molecule has 2 N–H and O–H groups in total. The van der Waals surface area contributed by atoms with E-state index < -0.39 is 23.5 Å². The van der Waals surface area contributed by atoms with Gasteiger partial charge in [-0.2, -0.15) is 13.2 Å². The Labute approximate surface area is 151 Å². The summed E-state index contributed by atoms with van der Waals surface area (Å²) in [6.07, 6.45) is -3.12. The number of alkyl halides is 3. The van der Waals surface area contributed by atoms with Crippen LogP contribution in [0.2, 0.25) is 0 Å². The summed E-state index contributed by atoms with van der Waals surface area (Å²) in [5, 5.41) is 5.27. The van der Waals surface area contributed by atoms with Gasteiger partial charge in [-0.15, -0.1) is 0 Å². The van der Waals surface area contributed by atoms with E-state index in [1.54, 1.807) is 6.07 Å². The van der Waals surface area contributed by atoms with Gasteiger partial charge in [0, 0.05) is 11.9 Å². The third-order valence-electron chi connectivity index (χ3n) is 3.63. The average Bonchev–Trinajstić information content (AvgIpc) is 2.64. The Morgan fingerprint density at radius 3 is 2.22 bits per heavy atom. The number of nitrogens with one attached hydrogen (secondary N) is 2. The number of carbonyl (C=O) groups is 1. The van der Waals surface area contributed by atoms with Crippen molar-refractivity contribution >= 4 is 23.1 Å². The third-order valence-corrected chi connectivity index (χ3v) is 3.63. The Morgan fingerprint density at radius 1 is 0.926 bits per heavy atom. The van der Waals surface area contributed by atoms with Crippen LogP contribution >= 0.6 is 0 Å².